The Morgan fingerprint density at radius 2 is 2.14 bits per heavy atom. The van der Waals surface area contributed by atoms with E-state index < -0.39 is 0 Å². The van der Waals surface area contributed by atoms with Crippen molar-refractivity contribution in [1.82, 2.24) is 0 Å². The minimum Gasteiger partial charge on any atom is -0.508 e. The molecule has 0 amide bonds. The second-order valence-corrected chi connectivity index (χ2v) is 4.07. The molecule has 1 aromatic rings. The number of benzene rings is 1. The first kappa shape index (κ1) is 11.3. The van der Waals surface area contributed by atoms with Gasteiger partial charge in [-0.05, 0) is 43.5 Å². The topological polar surface area (TPSA) is 46.2 Å². The highest BCUT2D eigenvalue weighted by Crippen LogP contribution is 2.35. The zero-order chi connectivity index (χ0) is 10.7. The first-order valence-corrected chi connectivity index (χ1v) is 5.13. The summed E-state index contributed by atoms with van der Waals surface area (Å²) in [5.74, 6) is 0.476. The van der Waals surface area contributed by atoms with Crippen molar-refractivity contribution in [3.8, 4) is 5.75 Å². The fraction of sp³-hybridized carbons (Fsp3) is 0.455. The van der Waals surface area contributed by atoms with Crippen molar-refractivity contribution in [2.45, 2.75) is 26.2 Å². The summed E-state index contributed by atoms with van der Waals surface area (Å²) in [6.07, 6.45) is 0.830. The monoisotopic (exact) mass is 213 g/mol. The fourth-order valence-corrected chi connectivity index (χ4v) is 2.07. The van der Waals surface area contributed by atoms with Crippen molar-refractivity contribution in [1.29, 1.82) is 0 Å². The van der Waals surface area contributed by atoms with Gasteiger partial charge in [0.15, 0.2) is 0 Å². The van der Waals surface area contributed by atoms with Crippen molar-refractivity contribution in [2.24, 2.45) is 5.73 Å². The molecule has 0 aliphatic rings. The molecule has 0 radical (unpaired) electrons. The van der Waals surface area contributed by atoms with Gasteiger partial charge in [-0.2, -0.15) is 0 Å². The Balaban J connectivity index is 3.07. The van der Waals surface area contributed by atoms with Gasteiger partial charge in [-0.25, -0.2) is 0 Å². The second kappa shape index (κ2) is 4.67. The maximum absolute atomic E-state index is 9.74. The summed E-state index contributed by atoms with van der Waals surface area (Å²) >= 11 is 6.06. The molecule has 0 spiro atoms. The predicted octanol–water partition coefficient (Wildman–Crippen LogP) is 2.81. The molecule has 0 fully saturated rings. The minimum atomic E-state index is 0.202. The van der Waals surface area contributed by atoms with E-state index in [2.05, 4.69) is 0 Å². The number of phenols is 1. The van der Waals surface area contributed by atoms with Crippen molar-refractivity contribution < 1.29 is 5.11 Å². The number of hydrogen-bond donors (Lipinski definition) is 2. The smallest absolute Gasteiger partial charge is 0.120 e. The van der Waals surface area contributed by atoms with Crippen LogP contribution in [-0.4, -0.2) is 11.7 Å². The van der Waals surface area contributed by atoms with Crippen LogP contribution in [0.2, 0.25) is 5.02 Å². The molecule has 0 aliphatic carbocycles. The molecule has 0 heterocycles. The van der Waals surface area contributed by atoms with E-state index in [4.69, 9.17) is 17.3 Å². The van der Waals surface area contributed by atoms with Gasteiger partial charge in [-0.1, -0.05) is 18.5 Å². The molecule has 0 saturated carbocycles. The molecule has 3 heteroatoms. The highest BCUT2D eigenvalue weighted by Gasteiger charge is 2.14. The molecular weight excluding hydrogens is 198 g/mol. The zero-order valence-electron chi connectivity index (χ0n) is 8.55. The largest absolute Gasteiger partial charge is 0.508 e. The molecular formula is C11H16ClNO. The van der Waals surface area contributed by atoms with Crippen LogP contribution < -0.4 is 5.73 Å². The van der Waals surface area contributed by atoms with E-state index in [1.165, 1.54) is 0 Å². The van der Waals surface area contributed by atoms with Crippen LogP contribution in [0.4, 0.5) is 0 Å². The Labute approximate surface area is 89.7 Å². The first-order chi connectivity index (χ1) is 6.56. The molecule has 1 aromatic carbocycles. The van der Waals surface area contributed by atoms with Gasteiger partial charge in [-0.15, -0.1) is 0 Å². The minimum absolute atomic E-state index is 0.202. The van der Waals surface area contributed by atoms with Gasteiger partial charge in [-0.3, -0.25) is 0 Å². The van der Waals surface area contributed by atoms with Gasteiger partial charge in [0.25, 0.3) is 0 Å². The van der Waals surface area contributed by atoms with E-state index in [1.807, 2.05) is 19.9 Å². The van der Waals surface area contributed by atoms with Crippen LogP contribution in [0.5, 0.6) is 5.75 Å². The third kappa shape index (κ3) is 2.40. The lowest BCUT2D eigenvalue weighted by molar-refractivity contribution is 0.460. The molecule has 78 valence electrons. The summed E-state index contributed by atoms with van der Waals surface area (Å²) in [4.78, 5) is 0. The van der Waals surface area contributed by atoms with Crippen LogP contribution in [0, 0.1) is 6.92 Å². The molecule has 3 N–H and O–H groups in total. The highest BCUT2D eigenvalue weighted by molar-refractivity contribution is 6.31. The van der Waals surface area contributed by atoms with E-state index in [0.717, 1.165) is 17.5 Å². The maximum Gasteiger partial charge on any atom is 0.120 e. The lowest BCUT2D eigenvalue weighted by Crippen LogP contribution is -2.05. The Morgan fingerprint density at radius 3 is 2.64 bits per heavy atom. The van der Waals surface area contributed by atoms with Crippen LogP contribution in [-0.2, 0) is 0 Å². The fourth-order valence-electron chi connectivity index (χ4n) is 1.62. The summed E-state index contributed by atoms with van der Waals surface area (Å²) in [6, 6.07) is 3.60. The molecule has 0 aliphatic heterocycles. The Morgan fingerprint density at radius 1 is 1.50 bits per heavy atom. The normalized spacial score (nSPS) is 12.9. The summed E-state index contributed by atoms with van der Waals surface area (Å²) in [7, 11) is 0. The van der Waals surface area contributed by atoms with Crippen molar-refractivity contribution in [2.75, 3.05) is 6.54 Å². The van der Waals surface area contributed by atoms with E-state index in [9.17, 15) is 5.11 Å². The standard InChI is InChI=1S/C11H16ClNO/c1-7-5-9(12)11(10(14)6-7)8(2)3-4-13/h5-6,8,14H,3-4,13H2,1-2H3. The molecule has 0 aromatic heterocycles. The van der Waals surface area contributed by atoms with Gasteiger partial charge in [0.05, 0.1) is 0 Å². The van der Waals surface area contributed by atoms with E-state index in [1.54, 1.807) is 6.07 Å². The lowest BCUT2D eigenvalue weighted by Gasteiger charge is -2.14. The van der Waals surface area contributed by atoms with Crippen LogP contribution in [0.1, 0.15) is 30.4 Å². The third-order valence-electron chi connectivity index (χ3n) is 2.34. The molecule has 1 atom stereocenters. The van der Waals surface area contributed by atoms with Gasteiger partial charge >= 0.3 is 0 Å². The highest BCUT2D eigenvalue weighted by atomic mass is 35.5. The van der Waals surface area contributed by atoms with Crippen LogP contribution in [0.25, 0.3) is 0 Å². The summed E-state index contributed by atoms with van der Waals surface area (Å²) in [5, 5.41) is 10.4. The third-order valence-corrected chi connectivity index (χ3v) is 2.66. The number of rotatable bonds is 3. The van der Waals surface area contributed by atoms with E-state index >= 15 is 0 Å². The van der Waals surface area contributed by atoms with Crippen molar-refractivity contribution in [3.63, 3.8) is 0 Å². The number of aromatic hydroxyl groups is 1. The average Bonchev–Trinajstić information content (AvgIpc) is 2.01. The van der Waals surface area contributed by atoms with Crippen molar-refractivity contribution >= 4 is 11.6 Å². The maximum atomic E-state index is 9.74. The SMILES string of the molecule is Cc1cc(O)c(C(C)CCN)c(Cl)c1. The molecule has 14 heavy (non-hydrogen) atoms. The Hall–Kier alpha value is -0.730. The predicted molar refractivity (Wildman–Crippen MR) is 59.9 cm³/mol. The van der Waals surface area contributed by atoms with E-state index in [0.29, 0.717) is 11.6 Å². The van der Waals surface area contributed by atoms with Gasteiger partial charge in [0.2, 0.25) is 0 Å². The number of halogens is 1. The first-order valence-electron chi connectivity index (χ1n) is 4.75. The lowest BCUT2D eigenvalue weighted by atomic mass is 9.96. The summed E-state index contributed by atoms with van der Waals surface area (Å²) in [6.45, 7) is 4.52. The van der Waals surface area contributed by atoms with Gasteiger partial charge < -0.3 is 10.8 Å². The Bertz CT molecular complexity index is 302. The molecule has 1 unspecified atom stereocenters. The number of aryl methyl sites for hydroxylation is 1. The van der Waals surface area contributed by atoms with Crippen LogP contribution in [0.15, 0.2) is 12.1 Å². The number of phenolic OH excluding ortho intramolecular Hbond substituents is 1. The summed E-state index contributed by atoms with van der Waals surface area (Å²) < 4.78 is 0. The van der Waals surface area contributed by atoms with E-state index in [-0.39, 0.29) is 11.7 Å². The average molecular weight is 214 g/mol. The molecule has 0 bridgehead atoms. The van der Waals surface area contributed by atoms with Crippen molar-refractivity contribution in [3.05, 3.63) is 28.3 Å². The van der Waals surface area contributed by atoms with Gasteiger partial charge in [0, 0.05) is 10.6 Å². The number of nitrogens with two attached hydrogens (primary N) is 1. The van der Waals surface area contributed by atoms with Crippen LogP contribution in [0.3, 0.4) is 0 Å². The second-order valence-electron chi connectivity index (χ2n) is 3.66. The van der Waals surface area contributed by atoms with Crippen LogP contribution >= 0.6 is 11.6 Å². The molecule has 1 rings (SSSR count). The Kier molecular flexibility index (Phi) is 3.78. The molecule has 0 saturated heterocycles. The zero-order valence-corrected chi connectivity index (χ0v) is 9.30. The van der Waals surface area contributed by atoms with Gasteiger partial charge in [0.1, 0.15) is 5.75 Å². The summed E-state index contributed by atoms with van der Waals surface area (Å²) in [5.41, 5.74) is 7.25. The quantitative estimate of drug-likeness (QED) is 0.811. The molecule has 2 nitrogen and oxygen atoms in total. The number of hydrogen-bond acceptors (Lipinski definition) is 2.